The minimum absolute atomic E-state index is 0.0496. The predicted octanol–water partition coefficient (Wildman–Crippen LogP) is 2.84. The summed E-state index contributed by atoms with van der Waals surface area (Å²) < 4.78 is 15.6. The van der Waals surface area contributed by atoms with Gasteiger partial charge in [-0.2, -0.15) is 0 Å². The molecule has 0 aliphatic rings. The van der Waals surface area contributed by atoms with Gasteiger partial charge in [0.15, 0.2) is 0 Å². The van der Waals surface area contributed by atoms with Gasteiger partial charge in [0, 0.05) is 18.0 Å². The molecule has 0 bridgehead atoms. The third-order valence-electron chi connectivity index (χ3n) is 2.92. The maximum atomic E-state index is 13.9. The number of halogens is 1. The summed E-state index contributed by atoms with van der Waals surface area (Å²) in [7, 11) is 0. The minimum Gasteiger partial charge on any atom is -0.478 e. The molecule has 0 saturated carbocycles. The van der Waals surface area contributed by atoms with E-state index in [9.17, 15) is 9.18 Å². The van der Waals surface area contributed by atoms with Crippen molar-refractivity contribution in [1.29, 1.82) is 0 Å². The number of hydrogen-bond acceptors (Lipinski definition) is 2. The van der Waals surface area contributed by atoms with Crippen molar-refractivity contribution in [3.05, 3.63) is 60.2 Å². The molecule has 0 aliphatic carbocycles. The number of carbonyl (C=O) groups is 1. The average Bonchev–Trinajstić information content (AvgIpc) is 2.87. The van der Waals surface area contributed by atoms with Crippen LogP contribution in [0.25, 0.3) is 16.9 Å². The molecule has 5 heteroatoms. The number of imidazole rings is 1. The van der Waals surface area contributed by atoms with E-state index >= 15 is 0 Å². The molecule has 0 aliphatic heterocycles. The molecule has 0 radical (unpaired) electrons. The van der Waals surface area contributed by atoms with Crippen molar-refractivity contribution in [2.24, 2.45) is 0 Å². The Morgan fingerprint density at radius 3 is 2.89 bits per heavy atom. The Morgan fingerprint density at radius 1 is 1.26 bits per heavy atom. The number of carboxylic acid groups (broad SMARTS) is 1. The first kappa shape index (κ1) is 11.4. The van der Waals surface area contributed by atoms with Gasteiger partial charge < -0.3 is 5.11 Å². The van der Waals surface area contributed by atoms with Gasteiger partial charge in [-0.25, -0.2) is 14.2 Å². The molecule has 2 heterocycles. The lowest BCUT2D eigenvalue weighted by Crippen LogP contribution is -1.99. The van der Waals surface area contributed by atoms with Gasteiger partial charge in [-0.1, -0.05) is 6.07 Å². The van der Waals surface area contributed by atoms with Gasteiger partial charge in [0.25, 0.3) is 0 Å². The van der Waals surface area contributed by atoms with Crippen LogP contribution >= 0.6 is 0 Å². The number of aromatic nitrogens is 2. The van der Waals surface area contributed by atoms with Gasteiger partial charge in [0.2, 0.25) is 0 Å². The molecule has 94 valence electrons. The van der Waals surface area contributed by atoms with E-state index in [1.165, 1.54) is 12.1 Å². The van der Waals surface area contributed by atoms with E-state index < -0.39 is 11.8 Å². The largest absolute Gasteiger partial charge is 0.478 e. The van der Waals surface area contributed by atoms with Crippen molar-refractivity contribution in [3.8, 4) is 11.3 Å². The molecule has 0 atom stereocenters. The van der Waals surface area contributed by atoms with Gasteiger partial charge in [0.1, 0.15) is 11.5 Å². The van der Waals surface area contributed by atoms with Gasteiger partial charge in [0.05, 0.1) is 11.3 Å². The summed E-state index contributed by atoms with van der Waals surface area (Å²) in [4.78, 5) is 15.1. The van der Waals surface area contributed by atoms with Gasteiger partial charge in [-0.15, -0.1) is 0 Å². The zero-order valence-electron chi connectivity index (χ0n) is 9.75. The lowest BCUT2D eigenvalue weighted by molar-refractivity contribution is 0.0697. The maximum absolute atomic E-state index is 13.9. The van der Waals surface area contributed by atoms with E-state index in [0.717, 1.165) is 6.07 Å². The van der Waals surface area contributed by atoms with Crippen LogP contribution in [0.15, 0.2) is 48.8 Å². The predicted molar refractivity (Wildman–Crippen MR) is 67.5 cm³/mol. The van der Waals surface area contributed by atoms with Gasteiger partial charge >= 0.3 is 5.97 Å². The van der Waals surface area contributed by atoms with Gasteiger partial charge in [-0.3, -0.25) is 4.40 Å². The Balaban J connectivity index is 2.29. The molecular formula is C14H9FN2O2. The molecule has 19 heavy (non-hydrogen) atoms. The molecule has 0 fully saturated rings. The summed E-state index contributed by atoms with van der Waals surface area (Å²) in [6.07, 6.45) is 3.31. The molecule has 1 aromatic carbocycles. The topological polar surface area (TPSA) is 54.6 Å². The van der Waals surface area contributed by atoms with Crippen molar-refractivity contribution in [3.63, 3.8) is 0 Å². The zero-order valence-corrected chi connectivity index (χ0v) is 9.75. The molecule has 3 rings (SSSR count). The summed E-state index contributed by atoms with van der Waals surface area (Å²) >= 11 is 0. The van der Waals surface area contributed by atoms with Crippen LogP contribution in [0.2, 0.25) is 0 Å². The van der Waals surface area contributed by atoms with E-state index in [0.29, 0.717) is 11.3 Å². The number of benzene rings is 1. The molecule has 0 amide bonds. The van der Waals surface area contributed by atoms with Crippen LogP contribution in [-0.4, -0.2) is 20.5 Å². The first-order valence-corrected chi connectivity index (χ1v) is 5.62. The summed E-state index contributed by atoms with van der Waals surface area (Å²) in [6.45, 7) is 0. The van der Waals surface area contributed by atoms with Crippen molar-refractivity contribution in [1.82, 2.24) is 9.38 Å². The van der Waals surface area contributed by atoms with Crippen molar-refractivity contribution in [2.75, 3.05) is 0 Å². The standard InChI is InChI=1S/C14H9FN2O2/c15-11-5-4-9(14(18)19)8-10(11)12-2-1-3-13-16-6-7-17(12)13/h1-8H,(H,18,19). The molecule has 0 unspecified atom stereocenters. The first-order valence-electron chi connectivity index (χ1n) is 5.62. The number of carboxylic acids is 1. The van der Waals surface area contributed by atoms with Crippen LogP contribution in [0.3, 0.4) is 0 Å². The Hall–Kier alpha value is -2.69. The number of aromatic carboxylic acids is 1. The monoisotopic (exact) mass is 256 g/mol. The van der Waals surface area contributed by atoms with E-state index in [1.807, 2.05) is 0 Å². The van der Waals surface area contributed by atoms with E-state index in [4.69, 9.17) is 5.11 Å². The lowest BCUT2D eigenvalue weighted by Gasteiger charge is -2.07. The zero-order chi connectivity index (χ0) is 13.4. The fraction of sp³-hybridized carbons (Fsp3) is 0. The van der Waals surface area contributed by atoms with Crippen LogP contribution in [0.5, 0.6) is 0 Å². The van der Waals surface area contributed by atoms with Crippen LogP contribution in [0, 0.1) is 5.82 Å². The summed E-state index contributed by atoms with van der Waals surface area (Å²) in [5.74, 6) is -1.55. The molecule has 0 saturated heterocycles. The normalized spacial score (nSPS) is 10.8. The van der Waals surface area contributed by atoms with Crippen LogP contribution in [0.1, 0.15) is 10.4 Å². The third kappa shape index (κ3) is 1.85. The van der Waals surface area contributed by atoms with Crippen molar-refractivity contribution in [2.45, 2.75) is 0 Å². The fourth-order valence-electron chi connectivity index (χ4n) is 2.02. The van der Waals surface area contributed by atoms with E-state index in [1.54, 1.807) is 35.0 Å². The van der Waals surface area contributed by atoms with Crippen LogP contribution < -0.4 is 0 Å². The number of pyridine rings is 1. The molecule has 1 N–H and O–H groups in total. The number of fused-ring (bicyclic) bond motifs is 1. The Morgan fingerprint density at radius 2 is 2.11 bits per heavy atom. The number of nitrogens with zero attached hydrogens (tertiary/aromatic N) is 2. The Labute approximate surface area is 107 Å². The molecule has 4 nitrogen and oxygen atoms in total. The molecule has 2 aromatic heterocycles. The number of rotatable bonds is 2. The fourth-order valence-corrected chi connectivity index (χ4v) is 2.02. The smallest absolute Gasteiger partial charge is 0.335 e. The molecule has 0 spiro atoms. The van der Waals surface area contributed by atoms with Crippen LogP contribution in [-0.2, 0) is 0 Å². The Bertz CT molecular complexity index is 780. The number of hydrogen-bond donors (Lipinski definition) is 1. The van der Waals surface area contributed by atoms with E-state index in [2.05, 4.69) is 4.98 Å². The average molecular weight is 256 g/mol. The van der Waals surface area contributed by atoms with Crippen molar-refractivity contribution < 1.29 is 14.3 Å². The van der Waals surface area contributed by atoms with Crippen molar-refractivity contribution >= 4 is 11.6 Å². The quantitative estimate of drug-likeness (QED) is 0.767. The molecular weight excluding hydrogens is 247 g/mol. The van der Waals surface area contributed by atoms with Crippen LogP contribution in [0.4, 0.5) is 4.39 Å². The maximum Gasteiger partial charge on any atom is 0.335 e. The highest BCUT2D eigenvalue weighted by Crippen LogP contribution is 2.24. The third-order valence-corrected chi connectivity index (χ3v) is 2.92. The highest BCUT2D eigenvalue weighted by molar-refractivity contribution is 5.89. The second kappa shape index (κ2) is 4.20. The summed E-state index contributed by atoms with van der Waals surface area (Å²) in [5.41, 5.74) is 1.53. The summed E-state index contributed by atoms with van der Waals surface area (Å²) in [6, 6.07) is 9.00. The minimum atomic E-state index is -1.08. The SMILES string of the molecule is O=C(O)c1ccc(F)c(-c2cccc3nccn23)c1. The second-order valence-corrected chi connectivity index (χ2v) is 4.07. The Kier molecular flexibility index (Phi) is 2.52. The highest BCUT2D eigenvalue weighted by Gasteiger charge is 2.12. The highest BCUT2D eigenvalue weighted by atomic mass is 19.1. The molecule has 3 aromatic rings. The first-order chi connectivity index (χ1) is 9.16. The second-order valence-electron chi connectivity index (χ2n) is 4.07. The lowest BCUT2D eigenvalue weighted by atomic mass is 10.1. The van der Waals surface area contributed by atoms with Gasteiger partial charge in [-0.05, 0) is 30.3 Å². The summed E-state index contributed by atoms with van der Waals surface area (Å²) in [5, 5.41) is 8.98. The van der Waals surface area contributed by atoms with E-state index in [-0.39, 0.29) is 11.1 Å².